The number of fused-ring (bicyclic) bond motifs is 1. The van der Waals surface area contributed by atoms with E-state index in [9.17, 15) is 0 Å². The molecule has 1 aromatic heterocycles. The Bertz CT molecular complexity index is 655. The highest BCUT2D eigenvalue weighted by Crippen LogP contribution is 2.32. The molecule has 3 rings (SSSR count). The van der Waals surface area contributed by atoms with Crippen LogP contribution in [-0.2, 0) is 12.8 Å². The van der Waals surface area contributed by atoms with Crippen molar-refractivity contribution in [2.24, 2.45) is 11.0 Å². The molecule has 22 heavy (non-hydrogen) atoms. The van der Waals surface area contributed by atoms with Crippen molar-refractivity contribution in [2.75, 3.05) is 5.43 Å². The zero-order valence-electron chi connectivity index (χ0n) is 13.5. The van der Waals surface area contributed by atoms with E-state index in [1.165, 1.54) is 22.6 Å². The van der Waals surface area contributed by atoms with E-state index in [0.717, 1.165) is 29.5 Å². The third-order valence-electron chi connectivity index (χ3n) is 4.16. The van der Waals surface area contributed by atoms with Gasteiger partial charge in [-0.2, -0.15) is 5.10 Å². The number of nitrogens with one attached hydrogen (secondary N) is 1. The summed E-state index contributed by atoms with van der Waals surface area (Å²) in [6.45, 7) is 6.72. The van der Waals surface area contributed by atoms with Crippen molar-refractivity contribution in [1.82, 2.24) is 4.98 Å². The van der Waals surface area contributed by atoms with Gasteiger partial charge in [-0.1, -0.05) is 45.0 Å². The average molecular weight is 313 g/mol. The summed E-state index contributed by atoms with van der Waals surface area (Å²) in [5.74, 6) is 1.34. The molecular formula is C18H23N3S. The maximum Gasteiger partial charge on any atom is 0.203 e. The van der Waals surface area contributed by atoms with E-state index in [1.54, 1.807) is 11.3 Å². The van der Waals surface area contributed by atoms with E-state index in [4.69, 9.17) is 0 Å². The molecule has 2 aromatic rings. The van der Waals surface area contributed by atoms with Gasteiger partial charge in [-0.15, -0.1) is 11.3 Å². The summed E-state index contributed by atoms with van der Waals surface area (Å²) in [6, 6.07) is 8.54. The standard InChI is InChI=1S/C18H23N3S/c1-12(2)15-7-5-14(6-8-15)11-19-21-18-20-16-9-4-13(3)10-17(16)22-18/h5-8,11-13H,4,9-10H2,1-3H3,(H,20,21)/b19-11+/t13-/m0/s1. The largest absolute Gasteiger partial charge is 0.253 e. The third kappa shape index (κ3) is 3.55. The van der Waals surface area contributed by atoms with E-state index >= 15 is 0 Å². The van der Waals surface area contributed by atoms with Crippen LogP contribution >= 0.6 is 11.3 Å². The molecule has 1 atom stereocenters. The lowest BCUT2D eigenvalue weighted by Crippen LogP contribution is -2.09. The van der Waals surface area contributed by atoms with E-state index in [-0.39, 0.29) is 0 Å². The van der Waals surface area contributed by atoms with Gasteiger partial charge in [0, 0.05) is 4.88 Å². The Labute approximate surface area is 136 Å². The second-order valence-corrected chi connectivity index (χ2v) is 7.51. The third-order valence-corrected chi connectivity index (χ3v) is 5.19. The maximum absolute atomic E-state index is 4.65. The Balaban J connectivity index is 1.62. The van der Waals surface area contributed by atoms with E-state index in [2.05, 4.69) is 60.5 Å². The quantitative estimate of drug-likeness (QED) is 0.648. The van der Waals surface area contributed by atoms with Crippen LogP contribution in [-0.4, -0.2) is 11.2 Å². The zero-order valence-corrected chi connectivity index (χ0v) is 14.3. The van der Waals surface area contributed by atoms with Gasteiger partial charge in [0.05, 0.1) is 11.9 Å². The van der Waals surface area contributed by atoms with Crippen molar-refractivity contribution < 1.29 is 0 Å². The molecule has 0 saturated heterocycles. The molecule has 1 N–H and O–H groups in total. The van der Waals surface area contributed by atoms with Gasteiger partial charge >= 0.3 is 0 Å². The number of benzene rings is 1. The van der Waals surface area contributed by atoms with Crippen molar-refractivity contribution in [3.8, 4) is 0 Å². The predicted octanol–water partition coefficient (Wildman–Crippen LogP) is 4.84. The van der Waals surface area contributed by atoms with Gasteiger partial charge in [0.15, 0.2) is 0 Å². The van der Waals surface area contributed by atoms with Gasteiger partial charge < -0.3 is 0 Å². The summed E-state index contributed by atoms with van der Waals surface area (Å²) < 4.78 is 0. The van der Waals surface area contributed by atoms with Crippen LogP contribution in [0.4, 0.5) is 5.13 Å². The van der Waals surface area contributed by atoms with Crippen LogP contribution in [0.2, 0.25) is 0 Å². The SMILES string of the molecule is CC(C)c1ccc(/C=N/Nc2nc3c(s2)C[C@@H](C)CC3)cc1. The molecule has 1 aromatic carbocycles. The van der Waals surface area contributed by atoms with Crippen molar-refractivity contribution >= 4 is 22.7 Å². The Hall–Kier alpha value is -1.68. The van der Waals surface area contributed by atoms with Gasteiger partial charge in [0.25, 0.3) is 0 Å². The highest BCUT2D eigenvalue weighted by atomic mass is 32.1. The number of thiazole rings is 1. The van der Waals surface area contributed by atoms with Gasteiger partial charge in [0.1, 0.15) is 0 Å². The molecule has 0 unspecified atom stereocenters. The number of aryl methyl sites for hydroxylation is 1. The number of aromatic nitrogens is 1. The predicted molar refractivity (Wildman–Crippen MR) is 95.1 cm³/mol. The van der Waals surface area contributed by atoms with Gasteiger partial charge in [-0.05, 0) is 42.2 Å². The number of hydrogen-bond donors (Lipinski definition) is 1. The first kappa shape index (κ1) is 15.2. The fraction of sp³-hybridized carbons (Fsp3) is 0.444. The van der Waals surface area contributed by atoms with Gasteiger partial charge in [0.2, 0.25) is 5.13 Å². The molecule has 116 valence electrons. The first-order chi connectivity index (χ1) is 10.6. The van der Waals surface area contributed by atoms with Crippen molar-refractivity contribution in [2.45, 2.75) is 46.0 Å². The van der Waals surface area contributed by atoms with Crippen LogP contribution in [0.25, 0.3) is 0 Å². The topological polar surface area (TPSA) is 37.3 Å². The molecule has 1 aliphatic rings. The highest BCUT2D eigenvalue weighted by molar-refractivity contribution is 7.15. The number of anilines is 1. The molecule has 3 nitrogen and oxygen atoms in total. The second-order valence-electron chi connectivity index (χ2n) is 6.43. The van der Waals surface area contributed by atoms with E-state index < -0.39 is 0 Å². The molecule has 0 amide bonds. The second kappa shape index (κ2) is 6.61. The Kier molecular flexibility index (Phi) is 4.57. The first-order valence-electron chi connectivity index (χ1n) is 7.99. The Morgan fingerprint density at radius 2 is 2.09 bits per heavy atom. The monoisotopic (exact) mass is 313 g/mol. The number of nitrogens with zero attached hydrogens (tertiary/aromatic N) is 2. The molecule has 4 heteroatoms. The van der Waals surface area contributed by atoms with E-state index in [1.807, 2.05) is 6.21 Å². The summed E-state index contributed by atoms with van der Waals surface area (Å²) in [5.41, 5.74) is 6.80. The lowest BCUT2D eigenvalue weighted by Gasteiger charge is -2.15. The van der Waals surface area contributed by atoms with E-state index in [0.29, 0.717) is 5.92 Å². The summed E-state index contributed by atoms with van der Waals surface area (Å²) in [4.78, 5) is 6.08. The van der Waals surface area contributed by atoms with Crippen LogP contribution in [0, 0.1) is 5.92 Å². The molecule has 0 bridgehead atoms. The van der Waals surface area contributed by atoms with Crippen molar-refractivity contribution in [3.05, 3.63) is 46.0 Å². The van der Waals surface area contributed by atoms with Crippen molar-refractivity contribution in [3.63, 3.8) is 0 Å². The molecule has 0 aliphatic heterocycles. The summed E-state index contributed by atoms with van der Waals surface area (Å²) >= 11 is 1.74. The minimum absolute atomic E-state index is 0.563. The summed E-state index contributed by atoms with van der Waals surface area (Å²) in [6.07, 6.45) is 5.37. The smallest absolute Gasteiger partial charge is 0.203 e. The Morgan fingerprint density at radius 1 is 1.32 bits per heavy atom. The van der Waals surface area contributed by atoms with Crippen LogP contribution in [0.5, 0.6) is 0 Å². The fourth-order valence-corrected chi connectivity index (χ4v) is 3.84. The first-order valence-corrected chi connectivity index (χ1v) is 8.81. The molecular weight excluding hydrogens is 290 g/mol. The minimum Gasteiger partial charge on any atom is -0.253 e. The fourth-order valence-electron chi connectivity index (χ4n) is 2.72. The lowest BCUT2D eigenvalue weighted by atomic mass is 9.93. The maximum atomic E-state index is 4.65. The average Bonchev–Trinajstić information content (AvgIpc) is 2.89. The molecule has 0 fully saturated rings. The summed E-state index contributed by atoms with van der Waals surface area (Å²) in [5, 5.41) is 5.23. The lowest BCUT2D eigenvalue weighted by molar-refractivity contribution is 0.502. The van der Waals surface area contributed by atoms with Crippen LogP contribution in [0.15, 0.2) is 29.4 Å². The van der Waals surface area contributed by atoms with Crippen LogP contribution in [0.3, 0.4) is 0 Å². The van der Waals surface area contributed by atoms with Crippen LogP contribution < -0.4 is 5.43 Å². The number of hydrazone groups is 1. The summed E-state index contributed by atoms with van der Waals surface area (Å²) in [7, 11) is 0. The molecule has 1 aliphatic carbocycles. The van der Waals surface area contributed by atoms with Crippen LogP contribution in [0.1, 0.15) is 54.8 Å². The number of hydrogen-bond acceptors (Lipinski definition) is 4. The van der Waals surface area contributed by atoms with Crippen molar-refractivity contribution in [1.29, 1.82) is 0 Å². The molecule has 0 saturated carbocycles. The van der Waals surface area contributed by atoms with Gasteiger partial charge in [-0.3, -0.25) is 5.43 Å². The zero-order chi connectivity index (χ0) is 15.5. The highest BCUT2D eigenvalue weighted by Gasteiger charge is 2.19. The Morgan fingerprint density at radius 3 is 2.82 bits per heavy atom. The molecule has 0 spiro atoms. The molecule has 0 radical (unpaired) electrons. The normalized spacial score (nSPS) is 17.9. The minimum atomic E-state index is 0.563. The molecule has 1 heterocycles. The van der Waals surface area contributed by atoms with Gasteiger partial charge in [-0.25, -0.2) is 4.98 Å². The number of rotatable bonds is 4.